The molecule has 1 aromatic heterocycles. The summed E-state index contributed by atoms with van der Waals surface area (Å²) in [5, 5.41) is 25.6. The van der Waals surface area contributed by atoms with E-state index in [1.165, 1.54) is 17.7 Å². The largest absolute Gasteiger partial charge is 0.481 e. The number of nitrogens with zero attached hydrogens (tertiary/aromatic N) is 3. The van der Waals surface area contributed by atoms with Gasteiger partial charge in [-0.3, -0.25) is 4.79 Å². The van der Waals surface area contributed by atoms with Gasteiger partial charge in [0.1, 0.15) is 5.82 Å². The summed E-state index contributed by atoms with van der Waals surface area (Å²) in [4.78, 5) is 18.8. The van der Waals surface area contributed by atoms with Crippen LogP contribution in [0.15, 0.2) is 36.4 Å². The summed E-state index contributed by atoms with van der Waals surface area (Å²) in [7, 11) is 0. The third-order valence-electron chi connectivity index (χ3n) is 7.32. The zero-order chi connectivity index (χ0) is 22.8. The van der Waals surface area contributed by atoms with Crippen molar-refractivity contribution in [3.8, 4) is 6.07 Å². The number of piperidine rings is 1. The molecule has 0 amide bonds. The molecule has 1 saturated carbocycles. The summed E-state index contributed by atoms with van der Waals surface area (Å²) in [6.07, 6.45) is 4.43. The Bertz CT molecular complexity index is 1050. The van der Waals surface area contributed by atoms with Gasteiger partial charge in [-0.05, 0) is 73.4 Å². The molecule has 1 aromatic carbocycles. The predicted octanol–water partition coefficient (Wildman–Crippen LogP) is 2.98. The number of anilines is 1. The van der Waals surface area contributed by atoms with Crippen LogP contribution in [0.4, 0.5) is 5.82 Å². The highest BCUT2D eigenvalue weighted by atomic mass is 16.4. The van der Waals surface area contributed by atoms with Gasteiger partial charge < -0.3 is 20.6 Å². The minimum Gasteiger partial charge on any atom is -0.481 e. The second-order valence-electron chi connectivity index (χ2n) is 9.61. The average molecular weight is 446 g/mol. The van der Waals surface area contributed by atoms with Crippen LogP contribution in [0.3, 0.4) is 0 Å². The lowest BCUT2D eigenvalue weighted by Crippen LogP contribution is -2.34. The van der Waals surface area contributed by atoms with Gasteiger partial charge in [0.2, 0.25) is 0 Å². The molecule has 4 atom stereocenters. The molecule has 3 N–H and O–H groups in total. The van der Waals surface area contributed by atoms with Crippen molar-refractivity contribution in [1.82, 2.24) is 15.2 Å². The van der Waals surface area contributed by atoms with Gasteiger partial charge >= 0.3 is 5.97 Å². The first-order valence-corrected chi connectivity index (χ1v) is 12.0. The van der Waals surface area contributed by atoms with Gasteiger partial charge in [-0.1, -0.05) is 18.2 Å². The maximum Gasteiger partial charge on any atom is 0.305 e. The zero-order valence-corrected chi connectivity index (χ0v) is 18.8. The third kappa shape index (κ3) is 5.02. The van der Waals surface area contributed by atoms with Gasteiger partial charge in [-0.25, -0.2) is 4.98 Å². The Labute approximate surface area is 194 Å². The number of carboxylic acids is 1. The minimum absolute atomic E-state index is 0.0250. The van der Waals surface area contributed by atoms with E-state index in [2.05, 4.69) is 33.7 Å². The number of hydrogen-bond donors (Lipinski definition) is 3. The Balaban J connectivity index is 1.10. The van der Waals surface area contributed by atoms with E-state index < -0.39 is 5.97 Å². The molecule has 3 aliphatic rings. The normalized spacial score (nSPS) is 24.3. The van der Waals surface area contributed by atoms with Crippen molar-refractivity contribution in [3.63, 3.8) is 0 Å². The summed E-state index contributed by atoms with van der Waals surface area (Å²) >= 11 is 0. The molecular formula is C26H31N5O2. The summed E-state index contributed by atoms with van der Waals surface area (Å²) in [5.41, 5.74) is 3.95. The molecule has 2 aliphatic heterocycles. The highest BCUT2D eigenvalue weighted by molar-refractivity contribution is 5.68. The first-order valence-electron chi connectivity index (χ1n) is 12.0. The van der Waals surface area contributed by atoms with E-state index in [-0.39, 0.29) is 12.5 Å². The Morgan fingerprint density at radius 2 is 2.15 bits per heavy atom. The maximum absolute atomic E-state index is 11.4. The summed E-state index contributed by atoms with van der Waals surface area (Å²) in [6.45, 7) is 4.24. The van der Waals surface area contributed by atoms with E-state index in [1.54, 1.807) is 12.1 Å². The van der Waals surface area contributed by atoms with Crippen LogP contribution in [0.2, 0.25) is 0 Å². The van der Waals surface area contributed by atoms with Crippen LogP contribution in [0.5, 0.6) is 0 Å². The first-order chi connectivity index (χ1) is 16.1. The van der Waals surface area contributed by atoms with Crippen LogP contribution >= 0.6 is 0 Å². The molecule has 172 valence electrons. The standard InChI is InChI=1S/C26H31N5O2/c27-14-17-4-1-5-19(12-17)23(13-24(32)33)30-25-21-15-31(16-22(21)25)11-3-7-20-9-8-18-6-2-10-28-26(18)29-20/h1,4-5,8-9,12,21-23,25,30H,2-3,6-7,10-11,13,15-16H2,(H,28,29)(H,32,33)/t21-,22+,23-,25?/m0/s1. The molecule has 7 nitrogen and oxygen atoms in total. The highest BCUT2D eigenvalue weighted by Gasteiger charge is 2.55. The molecule has 0 spiro atoms. The van der Waals surface area contributed by atoms with Crippen molar-refractivity contribution in [3.05, 3.63) is 58.8 Å². The molecular weight excluding hydrogens is 414 g/mol. The number of carboxylic acid groups (broad SMARTS) is 1. The van der Waals surface area contributed by atoms with Gasteiger partial charge in [0.25, 0.3) is 0 Å². The Hall–Kier alpha value is -2.95. The molecule has 1 saturated heterocycles. The molecule has 7 heteroatoms. The second kappa shape index (κ2) is 9.50. The number of aromatic nitrogens is 1. The molecule has 33 heavy (non-hydrogen) atoms. The highest BCUT2D eigenvalue weighted by Crippen LogP contribution is 2.46. The molecule has 1 unspecified atom stereocenters. The first kappa shape index (κ1) is 21.9. The molecule has 1 aliphatic carbocycles. The quantitative estimate of drug-likeness (QED) is 0.545. The number of nitriles is 1. The van der Waals surface area contributed by atoms with E-state index in [9.17, 15) is 15.2 Å². The van der Waals surface area contributed by atoms with E-state index >= 15 is 0 Å². The number of fused-ring (bicyclic) bond motifs is 2. The van der Waals surface area contributed by atoms with Crippen LogP contribution in [0.25, 0.3) is 0 Å². The zero-order valence-electron chi connectivity index (χ0n) is 18.8. The van der Waals surface area contributed by atoms with Crippen molar-refractivity contribution < 1.29 is 9.90 Å². The average Bonchev–Trinajstić information content (AvgIpc) is 3.26. The van der Waals surface area contributed by atoms with E-state index in [1.807, 2.05) is 12.1 Å². The lowest BCUT2D eigenvalue weighted by Gasteiger charge is -2.23. The molecule has 5 rings (SSSR count). The van der Waals surface area contributed by atoms with Crippen LogP contribution in [-0.2, 0) is 17.6 Å². The monoisotopic (exact) mass is 445 g/mol. The molecule has 2 aromatic rings. The number of aryl methyl sites for hydroxylation is 2. The Morgan fingerprint density at radius 3 is 2.94 bits per heavy atom. The van der Waals surface area contributed by atoms with Crippen LogP contribution in [0, 0.1) is 23.2 Å². The van der Waals surface area contributed by atoms with Crippen molar-refractivity contribution in [2.75, 3.05) is 31.5 Å². The number of benzene rings is 1. The number of likely N-dealkylation sites (tertiary alicyclic amines) is 1. The third-order valence-corrected chi connectivity index (χ3v) is 7.32. The maximum atomic E-state index is 11.4. The van der Waals surface area contributed by atoms with Crippen LogP contribution in [-0.4, -0.2) is 53.2 Å². The Kier molecular flexibility index (Phi) is 6.30. The number of rotatable bonds is 9. The predicted molar refractivity (Wildman–Crippen MR) is 126 cm³/mol. The SMILES string of the molecule is N#Cc1cccc([C@H](CC(=O)O)NC2[C@H]3CN(CCCc4ccc5c(n4)NCCC5)C[C@@H]23)c1. The fourth-order valence-corrected chi connectivity index (χ4v) is 5.54. The topological polar surface area (TPSA) is 101 Å². The van der Waals surface area contributed by atoms with Crippen LogP contribution in [0.1, 0.15) is 47.7 Å². The van der Waals surface area contributed by atoms with Crippen molar-refractivity contribution in [1.29, 1.82) is 5.26 Å². The Morgan fingerprint density at radius 1 is 1.30 bits per heavy atom. The number of aliphatic carboxylic acids is 1. The molecule has 2 fully saturated rings. The summed E-state index contributed by atoms with van der Waals surface area (Å²) in [6, 6.07) is 13.9. The number of carbonyl (C=O) groups is 1. The lowest BCUT2D eigenvalue weighted by atomic mass is 10.0. The number of hydrogen-bond acceptors (Lipinski definition) is 6. The van der Waals surface area contributed by atoms with Crippen molar-refractivity contribution in [2.45, 2.75) is 44.2 Å². The van der Waals surface area contributed by atoms with Gasteiger partial charge in [-0.15, -0.1) is 0 Å². The van der Waals surface area contributed by atoms with Crippen molar-refractivity contribution >= 4 is 11.8 Å². The summed E-state index contributed by atoms with van der Waals surface area (Å²) < 4.78 is 0. The van der Waals surface area contributed by atoms with Crippen molar-refractivity contribution in [2.24, 2.45) is 11.8 Å². The second-order valence-corrected chi connectivity index (χ2v) is 9.61. The van der Waals surface area contributed by atoms with E-state index in [0.29, 0.717) is 23.4 Å². The molecule has 0 bridgehead atoms. The smallest absolute Gasteiger partial charge is 0.305 e. The van der Waals surface area contributed by atoms with E-state index in [4.69, 9.17) is 4.98 Å². The van der Waals surface area contributed by atoms with E-state index in [0.717, 1.165) is 56.8 Å². The van der Waals surface area contributed by atoms with Gasteiger partial charge in [0, 0.05) is 37.4 Å². The minimum atomic E-state index is -0.826. The summed E-state index contributed by atoms with van der Waals surface area (Å²) in [5.74, 6) is 1.43. The van der Waals surface area contributed by atoms with Gasteiger partial charge in [-0.2, -0.15) is 5.26 Å². The molecule has 3 heterocycles. The fraction of sp³-hybridized carbons (Fsp3) is 0.500. The lowest BCUT2D eigenvalue weighted by molar-refractivity contribution is -0.137. The van der Waals surface area contributed by atoms with Gasteiger partial charge in [0.05, 0.1) is 18.1 Å². The number of nitrogens with one attached hydrogen (secondary N) is 2. The fourth-order valence-electron chi connectivity index (χ4n) is 5.54. The number of pyridine rings is 1. The van der Waals surface area contributed by atoms with Crippen LogP contribution < -0.4 is 10.6 Å². The molecule has 0 radical (unpaired) electrons. The van der Waals surface area contributed by atoms with Gasteiger partial charge in [0.15, 0.2) is 0 Å².